The van der Waals surface area contributed by atoms with Crippen molar-refractivity contribution in [1.29, 1.82) is 0 Å². The first-order valence-electron chi connectivity index (χ1n) is 7.00. The second-order valence-corrected chi connectivity index (χ2v) is 5.31. The van der Waals surface area contributed by atoms with Gasteiger partial charge in [0.25, 0.3) is 0 Å². The summed E-state index contributed by atoms with van der Waals surface area (Å²) in [6.45, 7) is 0.899. The number of aryl methyl sites for hydroxylation is 1. The molecule has 1 aliphatic carbocycles. The average molecular weight is 251 g/mol. The first-order valence-corrected chi connectivity index (χ1v) is 7.00. The number of aromatic nitrogens is 2. The van der Waals surface area contributed by atoms with Crippen LogP contribution >= 0.6 is 0 Å². The van der Waals surface area contributed by atoms with Crippen LogP contribution in [0.15, 0.2) is 30.6 Å². The number of rotatable bonds is 1. The zero-order chi connectivity index (χ0) is 12.7. The lowest BCUT2D eigenvalue weighted by Gasteiger charge is -2.22. The number of hydrogen-bond acceptors (Lipinski definition) is 2. The van der Waals surface area contributed by atoms with E-state index in [-0.39, 0.29) is 0 Å². The summed E-state index contributed by atoms with van der Waals surface area (Å²) in [4.78, 5) is 10.2. The standard InChI is InChI=1S/C16H17N3/c1-2-6-14-12(5-1)13-8-10-19(11-15(13)18-14)16-7-3-4-9-17-16/h3-4,7-10,18H,1-2,5-6,11H2. The number of H-pyrrole nitrogens is 1. The lowest BCUT2D eigenvalue weighted by Crippen LogP contribution is -2.19. The molecule has 0 saturated carbocycles. The lowest BCUT2D eigenvalue weighted by atomic mass is 9.94. The van der Waals surface area contributed by atoms with Gasteiger partial charge in [-0.3, -0.25) is 0 Å². The third-order valence-corrected chi connectivity index (χ3v) is 4.11. The summed E-state index contributed by atoms with van der Waals surface area (Å²) in [5, 5.41) is 0. The SMILES string of the molecule is C1=CN(c2ccccn2)Cc2[nH]c3c(c21)CCCC3. The molecule has 3 heterocycles. The van der Waals surface area contributed by atoms with E-state index >= 15 is 0 Å². The minimum Gasteiger partial charge on any atom is -0.360 e. The van der Waals surface area contributed by atoms with E-state index in [4.69, 9.17) is 0 Å². The van der Waals surface area contributed by atoms with Crippen molar-refractivity contribution in [2.24, 2.45) is 0 Å². The molecule has 0 bridgehead atoms. The Labute approximate surface area is 113 Å². The Morgan fingerprint density at radius 1 is 1.11 bits per heavy atom. The molecule has 3 heteroatoms. The largest absolute Gasteiger partial charge is 0.360 e. The molecule has 3 nitrogen and oxygen atoms in total. The Kier molecular flexibility index (Phi) is 2.44. The van der Waals surface area contributed by atoms with E-state index in [2.05, 4.69) is 33.2 Å². The molecular formula is C16H17N3. The first-order chi connectivity index (χ1) is 9.42. The summed E-state index contributed by atoms with van der Waals surface area (Å²) < 4.78 is 0. The fourth-order valence-electron chi connectivity index (χ4n) is 3.17. The van der Waals surface area contributed by atoms with Crippen LogP contribution in [-0.2, 0) is 19.4 Å². The summed E-state index contributed by atoms with van der Waals surface area (Å²) in [6.07, 6.45) is 11.3. The zero-order valence-corrected chi connectivity index (χ0v) is 10.9. The highest BCUT2D eigenvalue weighted by atomic mass is 15.2. The van der Waals surface area contributed by atoms with Crippen LogP contribution in [0.4, 0.5) is 5.82 Å². The molecule has 0 radical (unpaired) electrons. The molecule has 0 aromatic carbocycles. The minimum absolute atomic E-state index is 0.899. The van der Waals surface area contributed by atoms with Crippen LogP contribution in [-0.4, -0.2) is 9.97 Å². The van der Waals surface area contributed by atoms with Gasteiger partial charge in [0.1, 0.15) is 5.82 Å². The average Bonchev–Trinajstić information content (AvgIpc) is 2.86. The monoisotopic (exact) mass is 251 g/mol. The van der Waals surface area contributed by atoms with E-state index in [0.29, 0.717) is 0 Å². The van der Waals surface area contributed by atoms with Gasteiger partial charge in [0, 0.05) is 29.3 Å². The van der Waals surface area contributed by atoms with Gasteiger partial charge >= 0.3 is 0 Å². The van der Waals surface area contributed by atoms with Crippen LogP contribution in [0.3, 0.4) is 0 Å². The fourth-order valence-corrected chi connectivity index (χ4v) is 3.17. The molecule has 19 heavy (non-hydrogen) atoms. The molecule has 1 aliphatic heterocycles. The molecule has 0 atom stereocenters. The Bertz CT molecular complexity index is 625. The highest BCUT2D eigenvalue weighted by molar-refractivity contribution is 5.65. The van der Waals surface area contributed by atoms with Crippen molar-refractivity contribution in [2.45, 2.75) is 32.2 Å². The highest BCUT2D eigenvalue weighted by Gasteiger charge is 2.22. The van der Waals surface area contributed by atoms with E-state index in [9.17, 15) is 0 Å². The van der Waals surface area contributed by atoms with Gasteiger partial charge < -0.3 is 9.88 Å². The third kappa shape index (κ3) is 1.77. The number of nitrogens with one attached hydrogen (secondary N) is 1. The summed E-state index contributed by atoms with van der Waals surface area (Å²) in [7, 11) is 0. The third-order valence-electron chi connectivity index (χ3n) is 4.11. The Hall–Kier alpha value is -2.03. The van der Waals surface area contributed by atoms with Gasteiger partial charge in [0.15, 0.2) is 0 Å². The molecule has 1 N–H and O–H groups in total. The molecule has 0 saturated heterocycles. The second-order valence-electron chi connectivity index (χ2n) is 5.31. The van der Waals surface area contributed by atoms with E-state index in [0.717, 1.165) is 12.4 Å². The smallest absolute Gasteiger partial charge is 0.132 e. The van der Waals surface area contributed by atoms with Crippen molar-refractivity contribution < 1.29 is 0 Å². The number of pyridine rings is 1. The van der Waals surface area contributed by atoms with Gasteiger partial charge in [-0.05, 0) is 49.5 Å². The Morgan fingerprint density at radius 3 is 2.95 bits per heavy atom. The zero-order valence-electron chi connectivity index (χ0n) is 10.9. The summed E-state index contributed by atoms with van der Waals surface area (Å²) in [6, 6.07) is 6.04. The van der Waals surface area contributed by atoms with Gasteiger partial charge in [0.2, 0.25) is 0 Å². The normalized spacial score (nSPS) is 17.2. The van der Waals surface area contributed by atoms with Gasteiger partial charge in [0.05, 0.1) is 6.54 Å². The molecule has 96 valence electrons. The Balaban J connectivity index is 1.70. The van der Waals surface area contributed by atoms with E-state index in [1.807, 2.05) is 18.3 Å². The second kappa shape index (κ2) is 4.26. The molecule has 2 aromatic heterocycles. The molecule has 0 unspecified atom stereocenters. The van der Waals surface area contributed by atoms with E-state index < -0.39 is 0 Å². The number of fused-ring (bicyclic) bond motifs is 3. The van der Waals surface area contributed by atoms with Crippen LogP contribution < -0.4 is 4.90 Å². The molecule has 0 amide bonds. The van der Waals surface area contributed by atoms with Gasteiger partial charge in [-0.1, -0.05) is 6.07 Å². The van der Waals surface area contributed by atoms with E-state index in [1.54, 1.807) is 5.56 Å². The van der Waals surface area contributed by atoms with Crippen LogP contribution in [0.5, 0.6) is 0 Å². The van der Waals surface area contributed by atoms with Crippen molar-refractivity contribution in [3.05, 3.63) is 53.1 Å². The fraction of sp³-hybridized carbons (Fsp3) is 0.312. The van der Waals surface area contributed by atoms with Gasteiger partial charge in [-0.25, -0.2) is 4.98 Å². The molecule has 2 aliphatic rings. The van der Waals surface area contributed by atoms with Crippen molar-refractivity contribution in [2.75, 3.05) is 4.90 Å². The maximum Gasteiger partial charge on any atom is 0.132 e. The quantitative estimate of drug-likeness (QED) is 0.843. The van der Waals surface area contributed by atoms with Crippen molar-refractivity contribution in [3.63, 3.8) is 0 Å². The molecular weight excluding hydrogens is 234 g/mol. The number of nitrogens with zero attached hydrogens (tertiary/aromatic N) is 2. The summed E-state index contributed by atoms with van der Waals surface area (Å²) in [5.41, 5.74) is 5.80. The lowest BCUT2D eigenvalue weighted by molar-refractivity contribution is 0.676. The van der Waals surface area contributed by atoms with Crippen molar-refractivity contribution in [1.82, 2.24) is 9.97 Å². The number of hydrogen-bond donors (Lipinski definition) is 1. The van der Waals surface area contributed by atoms with Crippen molar-refractivity contribution >= 4 is 11.9 Å². The van der Waals surface area contributed by atoms with Gasteiger partial charge in [-0.15, -0.1) is 0 Å². The predicted molar refractivity (Wildman–Crippen MR) is 76.9 cm³/mol. The molecule has 4 rings (SSSR count). The van der Waals surface area contributed by atoms with Crippen molar-refractivity contribution in [3.8, 4) is 0 Å². The highest BCUT2D eigenvalue weighted by Crippen LogP contribution is 2.32. The van der Waals surface area contributed by atoms with Crippen LogP contribution in [0.1, 0.15) is 35.4 Å². The number of anilines is 1. The first kappa shape index (κ1) is 10.9. The molecule has 2 aromatic rings. The predicted octanol–water partition coefficient (Wildman–Crippen LogP) is 3.28. The maximum atomic E-state index is 4.42. The Morgan fingerprint density at radius 2 is 2.05 bits per heavy atom. The topological polar surface area (TPSA) is 31.9 Å². The van der Waals surface area contributed by atoms with Crippen LogP contribution in [0.25, 0.3) is 6.08 Å². The molecule has 0 fully saturated rings. The minimum atomic E-state index is 0.899. The molecule has 0 spiro atoms. The van der Waals surface area contributed by atoms with E-state index in [1.165, 1.54) is 42.6 Å². The van der Waals surface area contributed by atoms with Crippen LogP contribution in [0.2, 0.25) is 0 Å². The summed E-state index contributed by atoms with van der Waals surface area (Å²) in [5.74, 6) is 1.01. The maximum absolute atomic E-state index is 4.42. The van der Waals surface area contributed by atoms with Crippen LogP contribution in [0, 0.1) is 0 Å². The summed E-state index contributed by atoms with van der Waals surface area (Å²) >= 11 is 0. The van der Waals surface area contributed by atoms with Gasteiger partial charge in [-0.2, -0.15) is 0 Å². The number of aromatic amines is 1.